The van der Waals surface area contributed by atoms with Crippen molar-refractivity contribution < 1.29 is 23.9 Å². The average molecular weight is 622 g/mol. The van der Waals surface area contributed by atoms with Gasteiger partial charge in [-0.05, 0) is 82.4 Å². The van der Waals surface area contributed by atoms with E-state index in [4.69, 9.17) is 20.2 Å². The lowest BCUT2D eigenvalue weighted by Gasteiger charge is -2.43. The number of fused-ring (bicyclic) bond motifs is 1. The topological polar surface area (TPSA) is 152 Å². The Hall–Kier alpha value is -3.93. The summed E-state index contributed by atoms with van der Waals surface area (Å²) in [6, 6.07) is 4.55. The maximum atomic E-state index is 13.2. The van der Waals surface area contributed by atoms with Crippen molar-refractivity contribution in [1.29, 1.82) is 0 Å². The molecule has 2 amide bonds. The van der Waals surface area contributed by atoms with Crippen molar-refractivity contribution in [2.75, 3.05) is 35.8 Å². The molecule has 0 bridgehead atoms. The van der Waals surface area contributed by atoms with Crippen molar-refractivity contribution in [3.63, 3.8) is 0 Å². The number of hydrogen-bond donors (Lipinski definition) is 3. The number of benzene rings is 1. The Morgan fingerprint density at radius 3 is 2.56 bits per heavy atom. The van der Waals surface area contributed by atoms with E-state index in [0.29, 0.717) is 60.9 Å². The van der Waals surface area contributed by atoms with Gasteiger partial charge in [-0.15, -0.1) is 0 Å². The SMILES string of the molecule is CC[C@@H]1C(=O)N(C)c2cnc(Nc3ccc(C(=O)NCCCC[C@H](N)C(=O)OC4CCCC4)cc3OC)nc2N1C1CCCC1. The Balaban J connectivity index is 1.18. The highest BCUT2D eigenvalue weighted by molar-refractivity contribution is 6.04. The molecule has 1 aromatic carbocycles. The highest BCUT2D eigenvalue weighted by atomic mass is 16.5. The fraction of sp³-hybridized carbons (Fsp3) is 0.606. The summed E-state index contributed by atoms with van der Waals surface area (Å²) in [5, 5.41) is 6.18. The van der Waals surface area contributed by atoms with Gasteiger partial charge in [-0.2, -0.15) is 4.98 Å². The standard InChI is InChI=1S/C33H47N7O5/c1-4-26-31(42)39(2)27-20-36-33(38-29(27)40(26)22-11-5-6-12-22)37-25-17-16-21(19-28(25)44-3)30(41)35-18-10-9-15-24(34)32(43)45-23-13-7-8-14-23/h16-17,19-20,22-24,26H,4-15,18,34H2,1-3H3,(H,35,41)(H,36,37,38)/t24-,26+/m0/s1. The minimum atomic E-state index is -0.632. The van der Waals surface area contributed by atoms with Crippen LogP contribution in [-0.4, -0.2) is 72.7 Å². The van der Waals surface area contributed by atoms with Gasteiger partial charge in [-0.25, -0.2) is 4.98 Å². The van der Waals surface area contributed by atoms with Crippen molar-refractivity contribution in [3.8, 4) is 5.75 Å². The zero-order valence-corrected chi connectivity index (χ0v) is 26.7. The minimum absolute atomic E-state index is 0.0152. The van der Waals surface area contributed by atoms with E-state index in [2.05, 4.69) is 20.5 Å². The summed E-state index contributed by atoms with van der Waals surface area (Å²) in [6.07, 6.45) is 12.7. The number of amides is 2. The first-order valence-electron chi connectivity index (χ1n) is 16.4. The van der Waals surface area contributed by atoms with Gasteiger partial charge >= 0.3 is 5.97 Å². The number of unbranched alkanes of at least 4 members (excludes halogenated alkanes) is 1. The number of carbonyl (C=O) groups is 3. The number of nitrogens with two attached hydrogens (primary N) is 1. The number of aromatic nitrogens is 2. The van der Waals surface area contributed by atoms with Crippen LogP contribution in [0.1, 0.15) is 94.3 Å². The van der Waals surface area contributed by atoms with Crippen LogP contribution in [0.15, 0.2) is 24.4 Å². The van der Waals surface area contributed by atoms with Crippen LogP contribution >= 0.6 is 0 Å². The molecule has 244 valence electrons. The second kappa shape index (κ2) is 14.9. The number of esters is 1. The first-order chi connectivity index (χ1) is 21.8. The largest absolute Gasteiger partial charge is 0.495 e. The molecule has 0 spiro atoms. The molecule has 45 heavy (non-hydrogen) atoms. The van der Waals surface area contributed by atoms with Gasteiger partial charge in [0.2, 0.25) is 11.9 Å². The lowest BCUT2D eigenvalue weighted by Crippen LogP contribution is -2.55. The molecule has 5 rings (SSSR count). The molecule has 0 unspecified atom stereocenters. The molecule has 0 saturated heterocycles. The summed E-state index contributed by atoms with van der Waals surface area (Å²) in [7, 11) is 3.33. The third kappa shape index (κ3) is 7.49. The quantitative estimate of drug-likeness (QED) is 0.216. The molecular weight excluding hydrogens is 574 g/mol. The first-order valence-corrected chi connectivity index (χ1v) is 16.4. The fourth-order valence-corrected chi connectivity index (χ4v) is 6.67. The molecule has 12 nitrogen and oxygen atoms in total. The Bertz CT molecular complexity index is 1360. The molecular formula is C33H47N7O5. The molecule has 0 radical (unpaired) electrons. The second-order valence-corrected chi connectivity index (χ2v) is 12.3. The molecule has 1 aliphatic heterocycles. The summed E-state index contributed by atoms with van der Waals surface area (Å²) in [4.78, 5) is 51.5. The molecule has 3 aliphatic rings. The van der Waals surface area contributed by atoms with E-state index < -0.39 is 6.04 Å². The Kier molecular flexibility index (Phi) is 10.7. The highest BCUT2D eigenvalue weighted by Crippen LogP contribution is 2.40. The van der Waals surface area contributed by atoms with Crippen LogP contribution < -0.4 is 30.9 Å². The van der Waals surface area contributed by atoms with E-state index in [1.165, 1.54) is 0 Å². The van der Waals surface area contributed by atoms with Crippen molar-refractivity contribution in [2.45, 2.75) is 108 Å². The van der Waals surface area contributed by atoms with Crippen molar-refractivity contribution >= 4 is 40.9 Å². The minimum Gasteiger partial charge on any atom is -0.495 e. The van der Waals surface area contributed by atoms with Crippen LogP contribution in [-0.2, 0) is 14.3 Å². The normalized spacial score (nSPS) is 19.4. The highest BCUT2D eigenvalue weighted by Gasteiger charge is 2.41. The Morgan fingerprint density at radius 2 is 1.84 bits per heavy atom. The maximum Gasteiger partial charge on any atom is 0.323 e. The molecule has 2 saturated carbocycles. The number of nitrogens with zero attached hydrogens (tertiary/aromatic N) is 4. The van der Waals surface area contributed by atoms with Crippen molar-refractivity contribution in [2.24, 2.45) is 5.73 Å². The number of anilines is 4. The fourth-order valence-electron chi connectivity index (χ4n) is 6.67. The Labute approximate surface area is 265 Å². The number of carbonyl (C=O) groups excluding carboxylic acids is 3. The van der Waals surface area contributed by atoms with E-state index in [1.807, 2.05) is 6.92 Å². The van der Waals surface area contributed by atoms with Crippen LogP contribution in [0.3, 0.4) is 0 Å². The number of nitrogens with one attached hydrogen (secondary N) is 2. The van der Waals surface area contributed by atoms with Gasteiger partial charge in [0.1, 0.15) is 29.6 Å². The van der Waals surface area contributed by atoms with Crippen LogP contribution in [0, 0.1) is 0 Å². The van der Waals surface area contributed by atoms with E-state index in [0.717, 1.165) is 57.2 Å². The van der Waals surface area contributed by atoms with E-state index in [9.17, 15) is 14.4 Å². The number of ether oxygens (including phenoxy) is 2. The predicted molar refractivity (Wildman–Crippen MR) is 173 cm³/mol. The van der Waals surface area contributed by atoms with Gasteiger partial charge in [0, 0.05) is 25.2 Å². The number of likely N-dealkylation sites (N-methyl/N-ethyl adjacent to an activating group) is 1. The van der Waals surface area contributed by atoms with E-state index >= 15 is 0 Å². The predicted octanol–water partition coefficient (Wildman–Crippen LogP) is 4.45. The van der Waals surface area contributed by atoms with Gasteiger partial charge in [-0.3, -0.25) is 14.4 Å². The lowest BCUT2D eigenvalue weighted by atomic mass is 10.0. The third-order valence-corrected chi connectivity index (χ3v) is 9.24. The second-order valence-electron chi connectivity index (χ2n) is 12.3. The van der Waals surface area contributed by atoms with Gasteiger partial charge in [0.05, 0.1) is 19.0 Å². The van der Waals surface area contributed by atoms with Crippen molar-refractivity contribution in [3.05, 3.63) is 30.0 Å². The third-order valence-electron chi connectivity index (χ3n) is 9.24. The molecule has 2 aromatic rings. The van der Waals surface area contributed by atoms with Gasteiger partial charge in [-0.1, -0.05) is 19.8 Å². The number of rotatable bonds is 13. The van der Waals surface area contributed by atoms with Gasteiger partial charge < -0.3 is 35.6 Å². The lowest BCUT2D eigenvalue weighted by molar-refractivity contribution is -0.150. The zero-order chi connectivity index (χ0) is 31.9. The van der Waals surface area contributed by atoms with E-state index in [1.54, 1.807) is 43.5 Å². The average Bonchev–Trinajstić information content (AvgIpc) is 3.77. The van der Waals surface area contributed by atoms with E-state index in [-0.39, 0.29) is 36.0 Å². The van der Waals surface area contributed by atoms with Crippen LogP contribution in [0.5, 0.6) is 5.75 Å². The zero-order valence-electron chi connectivity index (χ0n) is 26.7. The molecule has 12 heteroatoms. The summed E-state index contributed by atoms with van der Waals surface area (Å²) in [6.45, 7) is 2.50. The summed E-state index contributed by atoms with van der Waals surface area (Å²) >= 11 is 0. The molecule has 2 heterocycles. The van der Waals surface area contributed by atoms with Crippen LogP contribution in [0.4, 0.5) is 23.1 Å². The Morgan fingerprint density at radius 1 is 1.11 bits per heavy atom. The first kappa shape index (κ1) is 32.5. The van der Waals surface area contributed by atoms with Crippen LogP contribution in [0.25, 0.3) is 0 Å². The monoisotopic (exact) mass is 621 g/mol. The number of hydrogen-bond acceptors (Lipinski definition) is 10. The molecule has 1 aromatic heterocycles. The molecule has 4 N–H and O–H groups in total. The van der Waals surface area contributed by atoms with Crippen molar-refractivity contribution in [1.82, 2.24) is 15.3 Å². The molecule has 2 atom stereocenters. The maximum absolute atomic E-state index is 13.2. The van der Waals surface area contributed by atoms with Gasteiger partial charge in [0.25, 0.3) is 5.91 Å². The summed E-state index contributed by atoms with van der Waals surface area (Å²) < 4.78 is 11.1. The summed E-state index contributed by atoms with van der Waals surface area (Å²) in [5.41, 5.74) is 7.79. The van der Waals surface area contributed by atoms with Gasteiger partial charge in [0.15, 0.2) is 5.82 Å². The smallest absolute Gasteiger partial charge is 0.323 e. The molecule has 2 fully saturated rings. The van der Waals surface area contributed by atoms with Crippen LogP contribution in [0.2, 0.25) is 0 Å². The molecule has 2 aliphatic carbocycles. The number of methoxy groups -OCH3 is 1. The summed E-state index contributed by atoms with van der Waals surface area (Å²) in [5.74, 6) is 1.14.